The van der Waals surface area contributed by atoms with Gasteiger partial charge in [-0.05, 0) is 24.6 Å². The van der Waals surface area contributed by atoms with Crippen LogP contribution in [0, 0.1) is 0 Å². The first-order valence-electron chi connectivity index (χ1n) is 5.06. The SMILES string of the molecule is O=C(Nc1cccnc1)N1CCC=C(F)C1. The maximum absolute atomic E-state index is 13.0. The van der Waals surface area contributed by atoms with Crippen molar-refractivity contribution in [3.05, 3.63) is 36.4 Å². The number of hydrogen-bond donors (Lipinski definition) is 1. The van der Waals surface area contributed by atoms with Crippen LogP contribution in [0.5, 0.6) is 0 Å². The Kier molecular flexibility index (Phi) is 3.14. The van der Waals surface area contributed by atoms with Crippen molar-refractivity contribution in [3.63, 3.8) is 0 Å². The molecular weight excluding hydrogens is 209 g/mol. The largest absolute Gasteiger partial charge is 0.322 e. The van der Waals surface area contributed by atoms with Crippen molar-refractivity contribution in [1.82, 2.24) is 9.88 Å². The first kappa shape index (κ1) is 10.6. The van der Waals surface area contributed by atoms with E-state index in [0.29, 0.717) is 18.7 Å². The summed E-state index contributed by atoms with van der Waals surface area (Å²) in [7, 11) is 0. The predicted molar refractivity (Wildman–Crippen MR) is 58.6 cm³/mol. The standard InChI is InChI=1S/C11H12FN3O/c12-9-3-2-6-15(8-9)11(16)14-10-4-1-5-13-7-10/h1,3-5,7H,2,6,8H2,(H,14,16). The van der Waals surface area contributed by atoms with E-state index in [0.717, 1.165) is 0 Å². The number of halogens is 1. The molecule has 84 valence electrons. The Morgan fingerprint density at radius 2 is 2.44 bits per heavy atom. The van der Waals surface area contributed by atoms with E-state index in [2.05, 4.69) is 10.3 Å². The molecule has 1 aromatic rings. The highest BCUT2D eigenvalue weighted by atomic mass is 19.1. The van der Waals surface area contributed by atoms with Crippen molar-refractivity contribution in [1.29, 1.82) is 0 Å². The third kappa shape index (κ3) is 2.56. The second-order valence-corrected chi connectivity index (χ2v) is 3.53. The average molecular weight is 221 g/mol. The molecule has 16 heavy (non-hydrogen) atoms. The highest BCUT2D eigenvalue weighted by molar-refractivity contribution is 5.89. The molecule has 0 radical (unpaired) electrons. The number of urea groups is 1. The molecule has 0 saturated carbocycles. The molecular formula is C11H12FN3O. The predicted octanol–water partition coefficient (Wildman–Crippen LogP) is 2.17. The number of hydrogen-bond acceptors (Lipinski definition) is 2. The number of carbonyl (C=O) groups excluding carboxylic acids is 1. The molecule has 2 amide bonds. The van der Waals surface area contributed by atoms with Crippen molar-refractivity contribution in [2.75, 3.05) is 18.4 Å². The van der Waals surface area contributed by atoms with E-state index in [9.17, 15) is 9.18 Å². The molecule has 0 aliphatic carbocycles. The lowest BCUT2D eigenvalue weighted by atomic mass is 10.2. The zero-order chi connectivity index (χ0) is 11.4. The van der Waals surface area contributed by atoms with Gasteiger partial charge in [-0.25, -0.2) is 9.18 Å². The fourth-order valence-corrected chi connectivity index (χ4v) is 1.52. The zero-order valence-electron chi connectivity index (χ0n) is 8.69. The Labute approximate surface area is 92.8 Å². The van der Waals surface area contributed by atoms with Crippen molar-refractivity contribution in [3.8, 4) is 0 Å². The number of carbonyl (C=O) groups is 1. The Hall–Kier alpha value is -1.91. The molecule has 2 heterocycles. The summed E-state index contributed by atoms with van der Waals surface area (Å²) in [6.07, 6.45) is 5.24. The third-order valence-corrected chi connectivity index (χ3v) is 2.31. The van der Waals surface area contributed by atoms with Gasteiger partial charge in [0.25, 0.3) is 0 Å². The molecule has 0 unspecified atom stereocenters. The van der Waals surface area contributed by atoms with Gasteiger partial charge in [-0.3, -0.25) is 4.98 Å². The first-order chi connectivity index (χ1) is 7.75. The quantitative estimate of drug-likeness (QED) is 0.789. The number of anilines is 1. The molecule has 0 fully saturated rings. The van der Waals surface area contributed by atoms with E-state index in [1.165, 1.54) is 11.0 Å². The van der Waals surface area contributed by atoms with E-state index < -0.39 is 0 Å². The van der Waals surface area contributed by atoms with Gasteiger partial charge in [-0.15, -0.1) is 0 Å². The van der Waals surface area contributed by atoms with E-state index in [1.807, 2.05) is 0 Å². The zero-order valence-corrected chi connectivity index (χ0v) is 8.69. The molecule has 1 aliphatic heterocycles. The molecule has 4 nitrogen and oxygen atoms in total. The van der Waals surface area contributed by atoms with Crippen molar-refractivity contribution >= 4 is 11.7 Å². The Balaban J connectivity index is 1.96. The Bertz CT molecular complexity index is 405. The topological polar surface area (TPSA) is 45.2 Å². The molecule has 0 bridgehead atoms. The average Bonchev–Trinajstić information content (AvgIpc) is 2.30. The fourth-order valence-electron chi connectivity index (χ4n) is 1.52. The molecule has 0 atom stereocenters. The number of pyridine rings is 1. The summed E-state index contributed by atoms with van der Waals surface area (Å²) < 4.78 is 13.0. The number of nitrogens with one attached hydrogen (secondary N) is 1. The minimum Gasteiger partial charge on any atom is -0.318 e. The summed E-state index contributed by atoms with van der Waals surface area (Å²) in [5, 5.41) is 2.66. The highest BCUT2D eigenvalue weighted by Gasteiger charge is 2.17. The molecule has 0 saturated heterocycles. The van der Waals surface area contributed by atoms with Crippen LogP contribution in [-0.4, -0.2) is 29.0 Å². The van der Waals surface area contributed by atoms with Crippen LogP contribution in [0.15, 0.2) is 36.4 Å². The van der Waals surface area contributed by atoms with Crippen LogP contribution in [0.1, 0.15) is 6.42 Å². The lowest BCUT2D eigenvalue weighted by Crippen LogP contribution is -2.38. The second kappa shape index (κ2) is 4.74. The van der Waals surface area contributed by atoms with Crippen LogP contribution in [0.4, 0.5) is 14.9 Å². The lowest BCUT2D eigenvalue weighted by Gasteiger charge is -2.24. The molecule has 2 rings (SSSR count). The van der Waals surface area contributed by atoms with Gasteiger partial charge in [0, 0.05) is 12.7 Å². The third-order valence-electron chi connectivity index (χ3n) is 2.31. The second-order valence-electron chi connectivity index (χ2n) is 3.53. The maximum atomic E-state index is 13.0. The van der Waals surface area contributed by atoms with Gasteiger partial charge in [0.15, 0.2) is 0 Å². The first-order valence-corrected chi connectivity index (χ1v) is 5.06. The van der Waals surface area contributed by atoms with E-state index in [4.69, 9.17) is 0 Å². The summed E-state index contributed by atoms with van der Waals surface area (Å²) in [6.45, 7) is 0.589. The summed E-state index contributed by atoms with van der Waals surface area (Å²) >= 11 is 0. The van der Waals surface area contributed by atoms with Crippen molar-refractivity contribution in [2.45, 2.75) is 6.42 Å². The fraction of sp³-hybridized carbons (Fsp3) is 0.273. The number of nitrogens with zero attached hydrogens (tertiary/aromatic N) is 2. The van der Waals surface area contributed by atoms with E-state index in [1.54, 1.807) is 24.5 Å². The van der Waals surface area contributed by atoms with E-state index in [-0.39, 0.29) is 18.4 Å². The molecule has 0 spiro atoms. The molecule has 1 N–H and O–H groups in total. The van der Waals surface area contributed by atoms with Crippen molar-refractivity contribution < 1.29 is 9.18 Å². The number of amides is 2. The normalized spacial score (nSPS) is 15.6. The van der Waals surface area contributed by atoms with Crippen LogP contribution in [0.25, 0.3) is 0 Å². The van der Waals surface area contributed by atoms with Crippen LogP contribution in [0.2, 0.25) is 0 Å². The Morgan fingerprint density at radius 1 is 1.56 bits per heavy atom. The molecule has 1 aliphatic rings. The number of aromatic nitrogens is 1. The minimum atomic E-state index is -0.295. The van der Waals surface area contributed by atoms with Gasteiger partial charge < -0.3 is 10.2 Å². The van der Waals surface area contributed by atoms with Gasteiger partial charge in [0.05, 0.1) is 18.4 Å². The maximum Gasteiger partial charge on any atom is 0.322 e. The summed E-state index contributed by atoms with van der Waals surface area (Å²) in [5.41, 5.74) is 0.613. The minimum absolute atomic E-state index is 0.0477. The van der Waals surface area contributed by atoms with Crippen LogP contribution >= 0.6 is 0 Å². The van der Waals surface area contributed by atoms with Gasteiger partial charge in [-0.1, -0.05) is 0 Å². The monoisotopic (exact) mass is 221 g/mol. The summed E-state index contributed by atoms with van der Waals surface area (Å²) in [6, 6.07) is 3.17. The highest BCUT2D eigenvalue weighted by Crippen LogP contribution is 2.12. The van der Waals surface area contributed by atoms with Gasteiger partial charge >= 0.3 is 6.03 Å². The summed E-state index contributed by atoms with van der Waals surface area (Å²) in [4.78, 5) is 17.0. The number of rotatable bonds is 1. The smallest absolute Gasteiger partial charge is 0.318 e. The van der Waals surface area contributed by atoms with Gasteiger partial charge in [-0.2, -0.15) is 0 Å². The van der Waals surface area contributed by atoms with Crippen LogP contribution < -0.4 is 5.32 Å². The molecule has 0 aromatic carbocycles. The summed E-state index contributed by atoms with van der Waals surface area (Å²) in [5.74, 6) is -0.257. The Morgan fingerprint density at radius 3 is 3.12 bits per heavy atom. The van der Waals surface area contributed by atoms with Crippen LogP contribution in [-0.2, 0) is 0 Å². The van der Waals surface area contributed by atoms with Gasteiger partial charge in [0.2, 0.25) is 0 Å². The van der Waals surface area contributed by atoms with Crippen molar-refractivity contribution in [2.24, 2.45) is 0 Å². The molecule has 1 aromatic heterocycles. The van der Waals surface area contributed by atoms with Crippen LogP contribution in [0.3, 0.4) is 0 Å². The lowest BCUT2D eigenvalue weighted by molar-refractivity contribution is 0.210. The van der Waals surface area contributed by atoms with E-state index >= 15 is 0 Å². The van der Waals surface area contributed by atoms with Gasteiger partial charge in [0.1, 0.15) is 5.83 Å². The molecule has 5 heteroatoms.